The van der Waals surface area contributed by atoms with E-state index in [1.54, 1.807) is 29.0 Å². The van der Waals surface area contributed by atoms with Gasteiger partial charge in [-0.3, -0.25) is 9.48 Å². The van der Waals surface area contributed by atoms with Crippen LogP contribution < -0.4 is 5.32 Å². The van der Waals surface area contributed by atoms with E-state index >= 15 is 0 Å². The van der Waals surface area contributed by atoms with E-state index in [0.717, 1.165) is 23.5 Å². The van der Waals surface area contributed by atoms with Crippen molar-refractivity contribution in [3.63, 3.8) is 0 Å². The summed E-state index contributed by atoms with van der Waals surface area (Å²) in [6.45, 7) is 4.69. The minimum atomic E-state index is -0.661. The van der Waals surface area contributed by atoms with Crippen molar-refractivity contribution in [1.82, 2.24) is 24.4 Å². The van der Waals surface area contributed by atoms with Gasteiger partial charge in [0.15, 0.2) is 11.3 Å². The summed E-state index contributed by atoms with van der Waals surface area (Å²) < 4.78 is 12.9. The van der Waals surface area contributed by atoms with Crippen LogP contribution in [0.25, 0.3) is 16.9 Å². The minimum absolute atomic E-state index is 0.0862. The van der Waals surface area contributed by atoms with E-state index in [9.17, 15) is 14.4 Å². The van der Waals surface area contributed by atoms with Crippen molar-refractivity contribution in [3.8, 4) is 11.3 Å². The van der Waals surface area contributed by atoms with Crippen molar-refractivity contribution < 1.29 is 23.9 Å². The first-order valence-electron chi connectivity index (χ1n) is 10.4. The zero-order valence-electron chi connectivity index (χ0n) is 19.0. The lowest BCUT2D eigenvalue weighted by Gasteiger charge is -2.08. The van der Waals surface area contributed by atoms with Crippen molar-refractivity contribution in [2.45, 2.75) is 20.4 Å². The first kappa shape index (κ1) is 22.6. The lowest BCUT2D eigenvalue weighted by atomic mass is 10.1. The summed E-state index contributed by atoms with van der Waals surface area (Å²) in [7, 11) is 2.44. The van der Waals surface area contributed by atoms with Gasteiger partial charge in [-0.25, -0.2) is 19.1 Å². The molecule has 0 radical (unpaired) electrons. The molecule has 0 fully saturated rings. The standard InChI is InChI=1S/C23H22N6O5/c1-5-28-13(2)17(12-25-28)19-6-7-24-20-11-18(27-29(19)20)21(30)26-16-9-14(22(31)33-3)8-15(10-16)23(32)34-4/h6-12H,5H2,1-4H3,(H,26,30). The summed E-state index contributed by atoms with van der Waals surface area (Å²) in [6, 6.07) is 7.47. The van der Waals surface area contributed by atoms with Crippen molar-refractivity contribution in [2.75, 3.05) is 19.5 Å². The highest BCUT2D eigenvalue weighted by Crippen LogP contribution is 2.24. The summed E-state index contributed by atoms with van der Waals surface area (Å²) >= 11 is 0. The maximum Gasteiger partial charge on any atom is 0.337 e. The molecule has 0 aliphatic rings. The van der Waals surface area contributed by atoms with E-state index in [-0.39, 0.29) is 22.5 Å². The smallest absolute Gasteiger partial charge is 0.337 e. The third-order valence-electron chi connectivity index (χ3n) is 5.30. The van der Waals surface area contributed by atoms with Gasteiger partial charge in [0.1, 0.15) is 0 Å². The molecule has 0 saturated carbocycles. The van der Waals surface area contributed by atoms with Gasteiger partial charge in [-0.05, 0) is 38.1 Å². The van der Waals surface area contributed by atoms with Crippen LogP contribution >= 0.6 is 0 Å². The summed E-state index contributed by atoms with van der Waals surface area (Å²) in [5.41, 5.74) is 3.53. The summed E-state index contributed by atoms with van der Waals surface area (Å²) in [5, 5.41) is 11.5. The number of fused-ring (bicyclic) bond motifs is 1. The second-order valence-electron chi connectivity index (χ2n) is 7.33. The molecule has 174 valence electrons. The largest absolute Gasteiger partial charge is 0.465 e. The number of hydrogen-bond donors (Lipinski definition) is 1. The van der Waals surface area contributed by atoms with Crippen LogP contribution in [0.15, 0.2) is 42.7 Å². The maximum atomic E-state index is 13.0. The number of rotatable bonds is 6. The molecule has 4 aromatic rings. The number of nitrogens with zero attached hydrogens (tertiary/aromatic N) is 5. The van der Waals surface area contributed by atoms with Crippen LogP contribution in [0.1, 0.15) is 43.8 Å². The van der Waals surface area contributed by atoms with E-state index in [0.29, 0.717) is 5.65 Å². The van der Waals surface area contributed by atoms with Crippen LogP contribution in [-0.4, -0.2) is 56.4 Å². The molecule has 4 rings (SSSR count). The molecule has 1 aromatic carbocycles. The molecular weight excluding hydrogens is 440 g/mol. The molecular formula is C23H22N6O5. The van der Waals surface area contributed by atoms with E-state index in [1.807, 2.05) is 18.5 Å². The van der Waals surface area contributed by atoms with Crippen molar-refractivity contribution >= 4 is 29.2 Å². The summed E-state index contributed by atoms with van der Waals surface area (Å²) in [5.74, 6) is -1.87. The van der Waals surface area contributed by atoms with Gasteiger partial charge in [-0.2, -0.15) is 10.2 Å². The van der Waals surface area contributed by atoms with E-state index in [1.165, 1.54) is 32.4 Å². The van der Waals surface area contributed by atoms with Gasteiger partial charge in [0.2, 0.25) is 0 Å². The number of carbonyl (C=O) groups excluding carboxylic acids is 3. The Kier molecular flexibility index (Phi) is 6.09. The number of amides is 1. The van der Waals surface area contributed by atoms with Gasteiger partial charge in [0.05, 0.1) is 37.2 Å². The zero-order valence-corrected chi connectivity index (χ0v) is 19.0. The quantitative estimate of drug-likeness (QED) is 0.433. The van der Waals surface area contributed by atoms with Crippen molar-refractivity contribution in [2.24, 2.45) is 0 Å². The fraction of sp³-hybridized carbons (Fsp3) is 0.217. The third-order valence-corrected chi connectivity index (χ3v) is 5.30. The van der Waals surface area contributed by atoms with Gasteiger partial charge in [0.25, 0.3) is 5.91 Å². The molecule has 34 heavy (non-hydrogen) atoms. The van der Waals surface area contributed by atoms with E-state index in [2.05, 4.69) is 20.5 Å². The van der Waals surface area contributed by atoms with Crippen LogP contribution in [0.3, 0.4) is 0 Å². The SMILES string of the molecule is CCn1ncc(-c2ccnc3cc(C(=O)Nc4cc(C(=O)OC)cc(C(=O)OC)c4)nn23)c1C. The molecule has 0 atom stereocenters. The fourth-order valence-electron chi connectivity index (χ4n) is 3.59. The molecule has 0 spiro atoms. The Bertz CT molecular complexity index is 1390. The van der Waals surface area contributed by atoms with Gasteiger partial charge in [-0.15, -0.1) is 0 Å². The van der Waals surface area contributed by atoms with Crippen LogP contribution in [-0.2, 0) is 16.0 Å². The minimum Gasteiger partial charge on any atom is -0.465 e. The molecule has 3 heterocycles. The van der Waals surface area contributed by atoms with Gasteiger partial charge >= 0.3 is 11.9 Å². The first-order chi connectivity index (χ1) is 16.4. The number of hydrogen-bond acceptors (Lipinski definition) is 8. The average molecular weight is 462 g/mol. The number of nitrogens with one attached hydrogen (secondary N) is 1. The number of ether oxygens (including phenoxy) is 2. The van der Waals surface area contributed by atoms with E-state index in [4.69, 9.17) is 9.47 Å². The number of aryl methyl sites for hydroxylation is 1. The van der Waals surface area contributed by atoms with Crippen LogP contribution in [0, 0.1) is 6.92 Å². The number of carbonyl (C=O) groups is 3. The highest BCUT2D eigenvalue weighted by molar-refractivity contribution is 6.05. The second-order valence-corrected chi connectivity index (χ2v) is 7.33. The number of esters is 2. The summed E-state index contributed by atoms with van der Waals surface area (Å²) in [4.78, 5) is 41.3. The zero-order chi connectivity index (χ0) is 24.4. The highest BCUT2D eigenvalue weighted by Gasteiger charge is 2.19. The molecule has 0 saturated heterocycles. The van der Waals surface area contributed by atoms with Crippen molar-refractivity contribution in [3.05, 3.63) is 65.2 Å². The van der Waals surface area contributed by atoms with Crippen molar-refractivity contribution in [1.29, 1.82) is 0 Å². The lowest BCUT2D eigenvalue weighted by molar-refractivity contribution is 0.0599. The maximum absolute atomic E-state index is 13.0. The normalized spacial score (nSPS) is 10.8. The fourth-order valence-corrected chi connectivity index (χ4v) is 3.59. The molecule has 0 aliphatic carbocycles. The van der Waals surface area contributed by atoms with Crippen LogP contribution in [0.2, 0.25) is 0 Å². The molecule has 0 unspecified atom stereocenters. The predicted molar refractivity (Wildman–Crippen MR) is 122 cm³/mol. The first-order valence-corrected chi connectivity index (χ1v) is 10.4. The Balaban J connectivity index is 1.70. The molecule has 1 amide bonds. The van der Waals surface area contributed by atoms with Gasteiger partial charge < -0.3 is 14.8 Å². The number of benzene rings is 1. The Morgan fingerprint density at radius 2 is 1.71 bits per heavy atom. The molecule has 0 aliphatic heterocycles. The Labute approximate surface area is 194 Å². The van der Waals surface area contributed by atoms with Crippen LogP contribution in [0.5, 0.6) is 0 Å². The van der Waals surface area contributed by atoms with Crippen LogP contribution in [0.4, 0.5) is 5.69 Å². The second kappa shape index (κ2) is 9.14. The number of aromatic nitrogens is 5. The highest BCUT2D eigenvalue weighted by atomic mass is 16.5. The monoisotopic (exact) mass is 462 g/mol. The number of methoxy groups -OCH3 is 2. The molecule has 0 bridgehead atoms. The van der Waals surface area contributed by atoms with Gasteiger partial charge in [-0.1, -0.05) is 0 Å². The Hall–Kier alpha value is -4.54. The number of anilines is 1. The molecule has 11 heteroatoms. The molecule has 11 nitrogen and oxygen atoms in total. The van der Waals surface area contributed by atoms with E-state index < -0.39 is 17.8 Å². The predicted octanol–water partition coefficient (Wildman–Crippen LogP) is 2.75. The Morgan fingerprint density at radius 3 is 2.29 bits per heavy atom. The average Bonchev–Trinajstić information content (AvgIpc) is 3.46. The summed E-state index contributed by atoms with van der Waals surface area (Å²) in [6.07, 6.45) is 3.39. The van der Waals surface area contributed by atoms with Gasteiger partial charge in [0, 0.05) is 35.8 Å². The Morgan fingerprint density at radius 1 is 1.03 bits per heavy atom. The lowest BCUT2D eigenvalue weighted by Crippen LogP contribution is -2.15. The third kappa shape index (κ3) is 4.10. The molecule has 1 N–H and O–H groups in total. The molecule has 3 aromatic heterocycles. The topological polar surface area (TPSA) is 130 Å².